The van der Waals surface area contributed by atoms with E-state index in [9.17, 15) is 9.18 Å². The first kappa shape index (κ1) is 15.6. The quantitative estimate of drug-likeness (QED) is 0.896. The zero-order chi connectivity index (χ0) is 16.1. The van der Waals surface area contributed by atoms with E-state index >= 15 is 0 Å². The van der Waals surface area contributed by atoms with Gasteiger partial charge in [0.25, 0.3) is 5.91 Å². The molecule has 1 aliphatic heterocycles. The number of hydrogen-bond donors (Lipinski definition) is 2. The predicted molar refractivity (Wildman–Crippen MR) is 85.7 cm³/mol. The lowest BCUT2D eigenvalue weighted by molar-refractivity contribution is -0.929. The minimum absolute atomic E-state index is 0.126. The van der Waals surface area contributed by atoms with Crippen molar-refractivity contribution in [2.24, 2.45) is 0 Å². The number of hydrogen-bond acceptors (Lipinski definition) is 2. The highest BCUT2D eigenvalue weighted by molar-refractivity contribution is 5.94. The molecular weight excluding hydrogens is 295 g/mol. The standard InChI is InChI=1S/C18H19FN2O2/c19-15-7-4-8-16(13-15)20-18(22)17(14-5-2-1-3-6-14)21-9-11-23-12-10-21/h1-8,13,17H,9-12H2,(H,20,22)/p+1/t17-/m0/s1. The van der Waals surface area contributed by atoms with Crippen LogP contribution < -0.4 is 10.2 Å². The van der Waals surface area contributed by atoms with Crippen LogP contribution in [0.25, 0.3) is 0 Å². The van der Waals surface area contributed by atoms with Crippen LogP contribution in [-0.2, 0) is 9.53 Å². The van der Waals surface area contributed by atoms with Gasteiger partial charge in [-0.1, -0.05) is 36.4 Å². The van der Waals surface area contributed by atoms with Crippen LogP contribution in [0, 0.1) is 5.82 Å². The summed E-state index contributed by atoms with van der Waals surface area (Å²) in [4.78, 5) is 14.0. The molecule has 1 aliphatic rings. The van der Waals surface area contributed by atoms with Gasteiger partial charge >= 0.3 is 0 Å². The average molecular weight is 315 g/mol. The van der Waals surface area contributed by atoms with E-state index in [-0.39, 0.29) is 17.8 Å². The van der Waals surface area contributed by atoms with Crippen LogP contribution in [0.2, 0.25) is 0 Å². The molecular formula is C18H20FN2O2+. The van der Waals surface area contributed by atoms with Gasteiger partial charge in [-0.25, -0.2) is 4.39 Å². The van der Waals surface area contributed by atoms with Crippen molar-refractivity contribution in [1.82, 2.24) is 0 Å². The number of rotatable bonds is 4. The Kier molecular flexibility index (Phi) is 5.00. The molecule has 1 saturated heterocycles. The van der Waals surface area contributed by atoms with E-state index in [0.29, 0.717) is 18.9 Å². The monoisotopic (exact) mass is 315 g/mol. The lowest BCUT2D eigenvalue weighted by atomic mass is 10.0. The Balaban J connectivity index is 1.83. The lowest BCUT2D eigenvalue weighted by Gasteiger charge is -2.30. The number of amides is 1. The summed E-state index contributed by atoms with van der Waals surface area (Å²) >= 11 is 0. The topological polar surface area (TPSA) is 42.8 Å². The van der Waals surface area contributed by atoms with Crippen molar-refractivity contribution in [2.75, 3.05) is 31.6 Å². The molecule has 5 heteroatoms. The molecule has 0 saturated carbocycles. The summed E-state index contributed by atoms with van der Waals surface area (Å²) < 4.78 is 18.7. The number of quaternary nitrogens is 1. The molecule has 4 nitrogen and oxygen atoms in total. The normalized spacial score (nSPS) is 16.7. The summed E-state index contributed by atoms with van der Waals surface area (Å²) in [5.74, 6) is -0.489. The molecule has 2 aromatic carbocycles. The molecule has 1 fully saturated rings. The summed E-state index contributed by atoms with van der Waals surface area (Å²) in [6, 6.07) is 15.3. The van der Waals surface area contributed by atoms with Gasteiger partial charge in [0.2, 0.25) is 0 Å². The Hall–Kier alpha value is -2.24. The van der Waals surface area contributed by atoms with E-state index in [1.807, 2.05) is 30.3 Å². The number of halogens is 1. The second kappa shape index (κ2) is 7.35. The second-order valence-electron chi connectivity index (χ2n) is 5.61. The Morgan fingerprint density at radius 3 is 2.52 bits per heavy atom. The first-order valence-corrected chi connectivity index (χ1v) is 7.78. The largest absolute Gasteiger partial charge is 0.370 e. The molecule has 0 radical (unpaired) electrons. The maximum absolute atomic E-state index is 13.3. The van der Waals surface area contributed by atoms with Crippen LogP contribution in [0.1, 0.15) is 11.6 Å². The zero-order valence-corrected chi connectivity index (χ0v) is 12.8. The van der Waals surface area contributed by atoms with E-state index in [1.54, 1.807) is 12.1 Å². The third-order valence-corrected chi connectivity index (χ3v) is 4.03. The summed E-state index contributed by atoms with van der Waals surface area (Å²) in [6.45, 7) is 2.84. The number of carbonyl (C=O) groups is 1. The van der Waals surface area contributed by atoms with E-state index in [1.165, 1.54) is 12.1 Å². The van der Waals surface area contributed by atoms with Gasteiger partial charge in [0, 0.05) is 11.3 Å². The Bertz CT molecular complexity index is 657. The predicted octanol–water partition coefficient (Wildman–Crippen LogP) is 1.42. The summed E-state index contributed by atoms with van der Waals surface area (Å²) in [7, 11) is 0. The molecule has 23 heavy (non-hydrogen) atoms. The molecule has 0 aromatic heterocycles. The van der Waals surface area contributed by atoms with Crippen LogP contribution in [0.5, 0.6) is 0 Å². The summed E-state index contributed by atoms with van der Waals surface area (Å²) in [6.07, 6.45) is 0. The second-order valence-corrected chi connectivity index (χ2v) is 5.61. The van der Waals surface area contributed by atoms with Crippen molar-refractivity contribution in [1.29, 1.82) is 0 Å². The van der Waals surface area contributed by atoms with E-state index in [2.05, 4.69) is 5.32 Å². The molecule has 1 amide bonds. The molecule has 3 rings (SSSR count). The van der Waals surface area contributed by atoms with Crippen molar-refractivity contribution in [3.8, 4) is 0 Å². The van der Waals surface area contributed by atoms with Gasteiger partial charge in [-0.3, -0.25) is 4.79 Å². The minimum Gasteiger partial charge on any atom is -0.370 e. The van der Waals surface area contributed by atoms with Gasteiger partial charge in [0.1, 0.15) is 18.9 Å². The SMILES string of the molecule is O=C(Nc1cccc(F)c1)[C@H](c1ccccc1)[NH+]1CCOCC1. The van der Waals surface area contributed by atoms with E-state index in [0.717, 1.165) is 23.6 Å². The molecule has 1 heterocycles. The third-order valence-electron chi connectivity index (χ3n) is 4.03. The number of ether oxygens (including phenoxy) is 1. The Labute approximate surface area is 134 Å². The van der Waals surface area contributed by atoms with Crippen LogP contribution in [0.4, 0.5) is 10.1 Å². The molecule has 1 atom stereocenters. The fourth-order valence-electron chi connectivity index (χ4n) is 2.92. The van der Waals surface area contributed by atoms with E-state index < -0.39 is 0 Å². The summed E-state index contributed by atoms with van der Waals surface area (Å²) in [5, 5.41) is 2.84. The maximum atomic E-state index is 13.3. The molecule has 0 spiro atoms. The summed E-state index contributed by atoms with van der Waals surface area (Å²) in [5.41, 5.74) is 1.43. The van der Waals surface area contributed by atoms with Gasteiger partial charge < -0.3 is 15.0 Å². The average Bonchev–Trinajstić information content (AvgIpc) is 2.57. The van der Waals surface area contributed by atoms with Crippen molar-refractivity contribution < 1.29 is 18.8 Å². The Morgan fingerprint density at radius 2 is 1.83 bits per heavy atom. The molecule has 0 unspecified atom stereocenters. The van der Waals surface area contributed by atoms with Crippen LogP contribution >= 0.6 is 0 Å². The number of nitrogens with one attached hydrogen (secondary N) is 2. The van der Waals surface area contributed by atoms with Gasteiger partial charge in [-0.15, -0.1) is 0 Å². The fourth-order valence-corrected chi connectivity index (χ4v) is 2.92. The smallest absolute Gasteiger partial charge is 0.287 e. The number of anilines is 1. The minimum atomic E-state index is -0.363. The number of benzene rings is 2. The first-order valence-electron chi connectivity index (χ1n) is 7.78. The molecule has 0 aliphatic carbocycles. The van der Waals surface area contributed by atoms with Crippen molar-refractivity contribution in [2.45, 2.75) is 6.04 Å². The number of morpholine rings is 1. The maximum Gasteiger partial charge on any atom is 0.287 e. The third kappa shape index (κ3) is 3.94. The van der Waals surface area contributed by atoms with Crippen molar-refractivity contribution in [3.05, 3.63) is 66.0 Å². The van der Waals surface area contributed by atoms with Gasteiger partial charge in [0.05, 0.1) is 13.2 Å². The van der Waals surface area contributed by atoms with Gasteiger partial charge in [0.15, 0.2) is 6.04 Å². The van der Waals surface area contributed by atoms with Crippen LogP contribution in [0.3, 0.4) is 0 Å². The lowest BCUT2D eigenvalue weighted by Crippen LogP contribution is -3.15. The number of carbonyl (C=O) groups excluding carboxylic acids is 1. The fraction of sp³-hybridized carbons (Fsp3) is 0.278. The van der Waals surface area contributed by atoms with Gasteiger partial charge in [-0.05, 0) is 18.2 Å². The highest BCUT2D eigenvalue weighted by Gasteiger charge is 2.32. The molecule has 0 bridgehead atoms. The van der Waals surface area contributed by atoms with Gasteiger partial charge in [-0.2, -0.15) is 0 Å². The zero-order valence-electron chi connectivity index (χ0n) is 12.8. The van der Waals surface area contributed by atoms with E-state index in [4.69, 9.17) is 4.74 Å². The molecule has 2 N–H and O–H groups in total. The Morgan fingerprint density at radius 1 is 1.09 bits per heavy atom. The first-order chi connectivity index (χ1) is 11.2. The van der Waals surface area contributed by atoms with Crippen molar-refractivity contribution >= 4 is 11.6 Å². The molecule has 2 aromatic rings. The highest BCUT2D eigenvalue weighted by Crippen LogP contribution is 2.15. The van der Waals surface area contributed by atoms with Crippen molar-refractivity contribution in [3.63, 3.8) is 0 Å². The van der Waals surface area contributed by atoms with Crippen LogP contribution in [-0.4, -0.2) is 32.2 Å². The highest BCUT2D eigenvalue weighted by atomic mass is 19.1. The molecule has 120 valence electrons. The van der Waals surface area contributed by atoms with Crippen LogP contribution in [0.15, 0.2) is 54.6 Å².